The summed E-state index contributed by atoms with van der Waals surface area (Å²) in [5.74, 6) is -0.147. The van der Waals surface area contributed by atoms with Gasteiger partial charge < -0.3 is 24.6 Å². The SMILES string of the molecule is COC[C@@H]1CCCN1C[C@H]1C[C@@H](c2ccc(CO)cc2)O[C@@H](c2ccc(NC(=O)c3ccccc3)cc2)O1. The number of ether oxygens (including phenoxy) is 3. The Labute approximate surface area is 224 Å². The van der Waals surface area contributed by atoms with Gasteiger partial charge in [0.2, 0.25) is 0 Å². The van der Waals surface area contributed by atoms with Crippen LogP contribution in [0.4, 0.5) is 5.69 Å². The van der Waals surface area contributed by atoms with Gasteiger partial charge in [0, 0.05) is 42.9 Å². The minimum absolute atomic E-state index is 0.00816. The Morgan fingerprint density at radius 2 is 1.74 bits per heavy atom. The fourth-order valence-corrected chi connectivity index (χ4v) is 5.33. The molecule has 200 valence electrons. The third-order valence-corrected chi connectivity index (χ3v) is 7.39. The molecule has 2 N–H and O–H groups in total. The van der Waals surface area contributed by atoms with E-state index < -0.39 is 6.29 Å². The standard InChI is InChI=1S/C31H36N2O5/c1-36-21-27-8-5-17-33(27)19-28-18-29(23-11-9-22(20-34)10-12-23)38-31(37-28)25-13-15-26(16-14-25)32-30(35)24-6-3-2-4-7-24/h2-4,6-7,9-16,27-29,31,34H,5,8,17-21H2,1H3,(H,32,35)/t27-,28+,29-,31-/m0/s1. The summed E-state index contributed by atoms with van der Waals surface area (Å²) in [6.07, 6.45) is 2.39. The van der Waals surface area contributed by atoms with E-state index in [1.165, 1.54) is 6.42 Å². The second-order valence-electron chi connectivity index (χ2n) is 10.0. The number of nitrogens with one attached hydrogen (secondary N) is 1. The van der Waals surface area contributed by atoms with Crippen LogP contribution in [0.2, 0.25) is 0 Å². The van der Waals surface area contributed by atoms with Gasteiger partial charge in [0.05, 0.1) is 25.4 Å². The molecule has 3 aromatic carbocycles. The van der Waals surface area contributed by atoms with Crippen LogP contribution in [0.15, 0.2) is 78.9 Å². The predicted molar refractivity (Wildman–Crippen MR) is 146 cm³/mol. The summed E-state index contributed by atoms with van der Waals surface area (Å²) >= 11 is 0. The highest BCUT2D eigenvalue weighted by Gasteiger charge is 2.35. The van der Waals surface area contributed by atoms with Crippen LogP contribution < -0.4 is 5.32 Å². The van der Waals surface area contributed by atoms with Crippen molar-refractivity contribution in [2.24, 2.45) is 0 Å². The number of methoxy groups -OCH3 is 1. The van der Waals surface area contributed by atoms with Crippen LogP contribution in [0.25, 0.3) is 0 Å². The molecule has 1 amide bonds. The third-order valence-electron chi connectivity index (χ3n) is 7.39. The van der Waals surface area contributed by atoms with Crippen LogP contribution in [0.1, 0.15) is 58.7 Å². The van der Waals surface area contributed by atoms with Gasteiger partial charge in [-0.2, -0.15) is 0 Å². The number of rotatable bonds is 9. The van der Waals surface area contributed by atoms with Gasteiger partial charge in [-0.05, 0) is 54.8 Å². The Morgan fingerprint density at radius 3 is 2.45 bits per heavy atom. The van der Waals surface area contributed by atoms with Gasteiger partial charge in [-0.15, -0.1) is 0 Å². The van der Waals surface area contributed by atoms with Crippen LogP contribution >= 0.6 is 0 Å². The Hall–Kier alpha value is -3.07. The monoisotopic (exact) mass is 516 g/mol. The van der Waals surface area contributed by atoms with Crippen molar-refractivity contribution in [1.82, 2.24) is 4.90 Å². The molecule has 0 bridgehead atoms. The summed E-state index contributed by atoms with van der Waals surface area (Å²) in [6, 6.07) is 25.2. The molecule has 38 heavy (non-hydrogen) atoms. The minimum Gasteiger partial charge on any atom is -0.392 e. The van der Waals surface area contributed by atoms with Crippen LogP contribution in [-0.4, -0.2) is 54.9 Å². The number of aliphatic hydroxyl groups excluding tert-OH is 1. The first-order chi connectivity index (χ1) is 18.6. The fraction of sp³-hybridized carbons (Fsp3) is 0.387. The quantitative estimate of drug-likeness (QED) is 0.413. The zero-order valence-electron chi connectivity index (χ0n) is 21.8. The van der Waals surface area contributed by atoms with Gasteiger partial charge in [-0.3, -0.25) is 9.69 Å². The minimum atomic E-state index is -0.529. The Balaban J connectivity index is 1.31. The molecule has 4 atom stereocenters. The molecule has 2 aliphatic heterocycles. The number of benzene rings is 3. The van der Waals surface area contributed by atoms with Gasteiger partial charge >= 0.3 is 0 Å². The van der Waals surface area contributed by atoms with Crippen molar-refractivity contribution in [3.8, 4) is 0 Å². The van der Waals surface area contributed by atoms with Crippen molar-refractivity contribution < 1.29 is 24.1 Å². The molecule has 0 unspecified atom stereocenters. The first-order valence-electron chi connectivity index (χ1n) is 13.3. The maximum Gasteiger partial charge on any atom is 0.255 e. The molecule has 0 spiro atoms. The first-order valence-corrected chi connectivity index (χ1v) is 13.3. The lowest BCUT2D eigenvalue weighted by Crippen LogP contribution is -2.42. The summed E-state index contributed by atoms with van der Waals surface area (Å²) in [5, 5.41) is 12.4. The molecular formula is C31H36N2O5. The van der Waals surface area contributed by atoms with E-state index in [0.717, 1.165) is 49.2 Å². The maximum absolute atomic E-state index is 12.5. The van der Waals surface area contributed by atoms with E-state index in [1.54, 1.807) is 19.2 Å². The first kappa shape index (κ1) is 26.5. The van der Waals surface area contributed by atoms with E-state index >= 15 is 0 Å². The summed E-state index contributed by atoms with van der Waals surface area (Å²) < 4.78 is 18.4. The second-order valence-corrected chi connectivity index (χ2v) is 10.0. The number of nitrogens with zero attached hydrogens (tertiary/aromatic N) is 1. The van der Waals surface area contributed by atoms with Crippen molar-refractivity contribution in [1.29, 1.82) is 0 Å². The van der Waals surface area contributed by atoms with Crippen LogP contribution in [0.5, 0.6) is 0 Å². The highest BCUT2D eigenvalue weighted by molar-refractivity contribution is 6.04. The molecule has 2 saturated heterocycles. The topological polar surface area (TPSA) is 80.3 Å². The van der Waals surface area contributed by atoms with Gasteiger partial charge in [0.1, 0.15) is 0 Å². The van der Waals surface area contributed by atoms with Gasteiger partial charge in [0.25, 0.3) is 5.91 Å². The molecular weight excluding hydrogens is 480 g/mol. The molecule has 0 aliphatic carbocycles. The molecule has 0 aromatic heterocycles. The Kier molecular flexibility index (Phi) is 8.83. The predicted octanol–water partition coefficient (Wildman–Crippen LogP) is 5.09. The highest BCUT2D eigenvalue weighted by atomic mass is 16.7. The zero-order chi connectivity index (χ0) is 26.3. The largest absolute Gasteiger partial charge is 0.392 e. The van der Waals surface area contributed by atoms with Crippen molar-refractivity contribution in [3.63, 3.8) is 0 Å². The smallest absolute Gasteiger partial charge is 0.255 e. The number of carbonyl (C=O) groups excluding carboxylic acids is 1. The lowest BCUT2D eigenvalue weighted by atomic mass is 9.99. The maximum atomic E-state index is 12.5. The van der Waals surface area contributed by atoms with E-state index in [9.17, 15) is 9.90 Å². The van der Waals surface area contributed by atoms with Crippen molar-refractivity contribution in [2.45, 2.75) is 50.4 Å². The van der Waals surface area contributed by atoms with E-state index in [0.29, 0.717) is 17.3 Å². The number of likely N-dealkylation sites (tertiary alicyclic amines) is 1. The summed E-state index contributed by atoms with van der Waals surface area (Å²) in [6.45, 7) is 2.62. The van der Waals surface area contributed by atoms with Crippen molar-refractivity contribution in [2.75, 3.05) is 32.1 Å². The summed E-state index contributed by atoms with van der Waals surface area (Å²) in [7, 11) is 1.76. The highest BCUT2D eigenvalue weighted by Crippen LogP contribution is 2.39. The number of aliphatic hydroxyl groups is 1. The van der Waals surface area contributed by atoms with E-state index in [2.05, 4.69) is 10.2 Å². The molecule has 0 saturated carbocycles. The van der Waals surface area contributed by atoms with Crippen molar-refractivity contribution in [3.05, 3.63) is 101 Å². The summed E-state index contributed by atoms with van der Waals surface area (Å²) in [4.78, 5) is 15.0. The normalized spacial score (nSPS) is 23.8. The van der Waals surface area contributed by atoms with Gasteiger partial charge in [0.15, 0.2) is 6.29 Å². The number of hydrogen-bond donors (Lipinski definition) is 2. The molecule has 7 nitrogen and oxygen atoms in total. The Morgan fingerprint density at radius 1 is 1.00 bits per heavy atom. The molecule has 7 heteroatoms. The van der Waals surface area contributed by atoms with Crippen LogP contribution in [-0.2, 0) is 20.8 Å². The molecule has 2 aliphatic rings. The molecule has 3 aromatic rings. The molecule has 5 rings (SSSR count). The van der Waals surface area contributed by atoms with Crippen molar-refractivity contribution >= 4 is 11.6 Å². The number of anilines is 1. The fourth-order valence-electron chi connectivity index (χ4n) is 5.33. The lowest BCUT2D eigenvalue weighted by Gasteiger charge is -2.38. The Bertz CT molecular complexity index is 1170. The van der Waals surface area contributed by atoms with Crippen LogP contribution in [0, 0.1) is 0 Å². The second kappa shape index (κ2) is 12.7. The molecule has 2 heterocycles. The van der Waals surface area contributed by atoms with E-state index in [4.69, 9.17) is 14.2 Å². The van der Waals surface area contributed by atoms with E-state index in [1.807, 2.05) is 66.7 Å². The van der Waals surface area contributed by atoms with Gasteiger partial charge in [-0.1, -0.05) is 54.6 Å². The molecule has 0 radical (unpaired) electrons. The number of hydrogen-bond acceptors (Lipinski definition) is 6. The lowest BCUT2D eigenvalue weighted by molar-refractivity contribution is -0.253. The average molecular weight is 517 g/mol. The molecule has 2 fully saturated rings. The summed E-state index contributed by atoms with van der Waals surface area (Å²) in [5.41, 5.74) is 4.18. The van der Waals surface area contributed by atoms with Gasteiger partial charge in [-0.25, -0.2) is 0 Å². The van der Waals surface area contributed by atoms with Crippen LogP contribution in [0.3, 0.4) is 0 Å². The van der Waals surface area contributed by atoms with E-state index in [-0.39, 0.29) is 24.7 Å². The average Bonchev–Trinajstić information content (AvgIpc) is 3.40. The number of amides is 1. The zero-order valence-corrected chi connectivity index (χ0v) is 21.8. The number of carbonyl (C=O) groups is 1. The third kappa shape index (κ3) is 6.49.